The predicted octanol–water partition coefficient (Wildman–Crippen LogP) is 2.24. The van der Waals surface area contributed by atoms with Crippen molar-refractivity contribution >= 4 is 0 Å². The molecule has 0 heterocycles. The zero-order chi connectivity index (χ0) is 9.40. The summed E-state index contributed by atoms with van der Waals surface area (Å²) in [5.41, 5.74) is 8.48. The van der Waals surface area contributed by atoms with Gasteiger partial charge < -0.3 is 5.73 Å². The first-order valence-corrected chi connectivity index (χ1v) is 3.48. The van der Waals surface area contributed by atoms with E-state index in [4.69, 9.17) is 5.73 Å². The van der Waals surface area contributed by atoms with Gasteiger partial charge in [0.1, 0.15) is 5.82 Å². The fourth-order valence-electron chi connectivity index (χ4n) is 0.620. The molecule has 1 aromatic carbocycles. The van der Waals surface area contributed by atoms with Gasteiger partial charge in [0.25, 0.3) is 0 Å². The van der Waals surface area contributed by atoms with Crippen molar-refractivity contribution in [1.82, 2.24) is 0 Å². The first-order valence-electron chi connectivity index (χ1n) is 3.48. The van der Waals surface area contributed by atoms with E-state index in [0.29, 0.717) is 6.54 Å². The molecule has 12 heavy (non-hydrogen) atoms. The van der Waals surface area contributed by atoms with Gasteiger partial charge >= 0.3 is 0 Å². The topological polar surface area (TPSA) is 26.0 Å². The summed E-state index contributed by atoms with van der Waals surface area (Å²) >= 11 is 0. The van der Waals surface area contributed by atoms with Crippen molar-refractivity contribution in [3.05, 3.63) is 54.5 Å². The maximum Gasteiger partial charge on any atom is 0.123 e. The summed E-state index contributed by atoms with van der Waals surface area (Å²) < 4.78 is 12.2. The average molecular weight is 165 g/mol. The second kappa shape index (κ2) is 6.35. The Balaban J connectivity index is 0.000000354. The van der Waals surface area contributed by atoms with Crippen LogP contribution < -0.4 is 5.73 Å². The van der Waals surface area contributed by atoms with Crippen LogP contribution in [0.2, 0.25) is 0 Å². The van der Waals surface area contributed by atoms with Gasteiger partial charge in [-0.15, -0.1) is 5.73 Å². The van der Waals surface area contributed by atoms with Crippen molar-refractivity contribution in [3.8, 4) is 0 Å². The molecule has 2 heteroatoms. The SMILES string of the molecule is C=C=C.NCc1ccc(F)cc1. The second-order valence-corrected chi connectivity index (χ2v) is 2.08. The summed E-state index contributed by atoms with van der Waals surface area (Å²) in [5, 5.41) is 0. The molecule has 0 amide bonds. The summed E-state index contributed by atoms with van der Waals surface area (Å²) in [7, 11) is 0. The molecule has 1 aromatic rings. The molecule has 0 atom stereocenters. The van der Waals surface area contributed by atoms with Crippen LogP contribution in [0.25, 0.3) is 0 Å². The molecule has 2 N–H and O–H groups in total. The minimum Gasteiger partial charge on any atom is -0.326 e. The van der Waals surface area contributed by atoms with E-state index in [1.165, 1.54) is 12.1 Å². The first-order chi connectivity index (χ1) is 5.74. The van der Waals surface area contributed by atoms with E-state index in [1.54, 1.807) is 12.1 Å². The van der Waals surface area contributed by atoms with Crippen LogP contribution in [-0.4, -0.2) is 0 Å². The lowest BCUT2D eigenvalue weighted by molar-refractivity contribution is 0.627. The monoisotopic (exact) mass is 165 g/mol. The minimum absolute atomic E-state index is 0.216. The molecule has 0 bridgehead atoms. The molecule has 0 saturated carbocycles. The Morgan fingerprint density at radius 2 is 1.67 bits per heavy atom. The Bertz CT molecular complexity index is 245. The smallest absolute Gasteiger partial charge is 0.123 e. The van der Waals surface area contributed by atoms with Crippen molar-refractivity contribution in [2.24, 2.45) is 5.73 Å². The molecule has 0 unspecified atom stereocenters. The number of nitrogens with two attached hydrogens (primary N) is 1. The number of hydrogen-bond acceptors (Lipinski definition) is 1. The van der Waals surface area contributed by atoms with Crippen molar-refractivity contribution in [2.75, 3.05) is 0 Å². The normalized spacial score (nSPS) is 7.83. The van der Waals surface area contributed by atoms with E-state index in [1.807, 2.05) is 0 Å². The highest BCUT2D eigenvalue weighted by Gasteiger charge is 1.87. The zero-order valence-electron chi connectivity index (χ0n) is 6.89. The van der Waals surface area contributed by atoms with Crippen LogP contribution in [0.5, 0.6) is 0 Å². The molecular formula is C10H12FN. The van der Waals surface area contributed by atoms with Gasteiger partial charge in [-0.1, -0.05) is 25.3 Å². The first kappa shape index (κ1) is 10.6. The number of halogens is 1. The second-order valence-electron chi connectivity index (χ2n) is 2.08. The highest BCUT2D eigenvalue weighted by Crippen LogP contribution is 2.00. The number of rotatable bonds is 1. The van der Waals surface area contributed by atoms with Gasteiger partial charge in [-0.3, -0.25) is 0 Å². The maximum atomic E-state index is 12.2. The lowest BCUT2D eigenvalue weighted by Crippen LogP contribution is -1.94. The van der Waals surface area contributed by atoms with E-state index in [0.717, 1.165) is 5.56 Å². The predicted molar refractivity (Wildman–Crippen MR) is 49.1 cm³/mol. The molecule has 0 aliphatic carbocycles. The maximum absolute atomic E-state index is 12.2. The van der Waals surface area contributed by atoms with E-state index in [9.17, 15) is 4.39 Å². The van der Waals surface area contributed by atoms with Crippen molar-refractivity contribution in [3.63, 3.8) is 0 Å². The van der Waals surface area contributed by atoms with Gasteiger partial charge in [-0.2, -0.15) is 0 Å². The summed E-state index contributed by atoms with van der Waals surface area (Å²) in [6.07, 6.45) is 0. The summed E-state index contributed by atoms with van der Waals surface area (Å²) in [5.74, 6) is -0.216. The van der Waals surface area contributed by atoms with Crippen LogP contribution in [0.3, 0.4) is 0 Å². The lowest BCUT2D eigenvalue weighted by atomic mass is 10.2. The van der Waals surface area contributed by atoms with Crippen LogP contribution in [0, 0.1) is 5.82 Å². The summed E-state index contributed by atoms with van der Waals surface area (Å²) in [6, 6.07) is 6.16. The third kappa shape index (κ3) is 4.45. The van der Waals surface area contributed by atoms with E-state index in [2.05, 4.69) is 18.9 Å². The number of benzene rings is 1. The fourth-order valence-corrected chi connectivity index (χ4v) is 0.620. The minimum atomic E-state index is -0.216. The van der Waals surface area contributed by atoms with E-state index < -0.39 is 0 Å². The standard InChI is InChI=1S/C7H8FN.C3H4/c8-7-3-1-6(5-9)2-4-7;1-3-2/h1-4H,5,9H2;1-2H2. The Morgan fingerprint density at radius 1 is 1.25 bits per heavy atom. The zero-order valence-corrected chi connectivity index (χ0v) is 6.89. The quantitative estimate of drug-likeness (QED) is 0.634. The van der Waals surface area contributed by atoms with Crippen molar-refractivity contribution in [1.29, 1.82) is 0 Å². The van der Waals surface area contributed by atoms with Gasteiger partial charge in [-0.05, 0) is 17.7 Å². The van der Waals surface area contributed by atoms with Gasteiger partial charge in [0, 0.05) is 6.54 Å². The summed E-state index contributed by atoms with van der Waals surface area (Å²) in [6.45, 7) is 6.72. The average Bonchev–Trinajstić information content (AvgIpc) is 2.07. The highest BCUT2D eigenvalue weighted by atomic mass is 19.1. The highest BCUT2D eigenvalue weighted by molar-refractivity contribution is 5.15. The Kier molecular flexibility index (Phi) is 5.62. The molecule has 0 saturated heterocycles. The molecule has 1 rings (SSSR count). The number of hydrogen-bond donors (Lipinski definition) is 1. The third-order valence-electron chi connectivity index (χ3n) is 1.15. The molecule has 64 valence electrons. The van der Waals surface area contributed by atoms with E-state index >= 15 is 0 Å². The lowest BCUT2D eigenvalue weighted by Gasteiger charge is -1.92. The molecule has 0 aliphatic rings. The van der Waals surface area contributed by atoms with Crippen molar-refractivity contribution < 1.29 is 4.39 Å². The Labute approximate surface area is 72.0 Å². The van der Waals surface area contributed by atoms with Gasteiger partial charge in [0.15, 0.2) is 0 Å². The largest absolute Gasteiger partial charge is 0.326 e. The van der Waals surface area contributed by atoms with Crippen LogP contribution >= 0.6 is 0 Å². The van der Waals surface area contributed by atoms with Gasteiger partial charge in [0.2, 0.25) is 0 Å². The molecule has 0 aromatic heterocycles. The fraction of sp³-hybridized carbons (Fsp3) is 0.100. The third-order valence-corrected chi connectivity index (χ3v) is 1.15. The molecule has 0 aliphatic heterocycles. The molecule has 1 nitrogen and oxygen atoms in total. The van der Waals surface area contributed by atoms with Crippen LogP contribution in [0.4, 0.5) is 4.39 Å². The Morgan fingerprint density at radius 3 is 2.00 bits per heavy atom. The molecule has 0 fully saturated rings. The Hall–Kier alpha value is -1.37. The van der Waals surface area contributed by atoms with Crippen LogP contribution in [0.15, 0.2) is 43.2 Å². The van der Waals surface area contributed by atoms with Crippen LogP contribution in [0.1, 0.15) is 5.56 Å². The molecular weight excluding hydrogens is 153 g/mol. The van der Waals surface area contributed by atoms with Crippen molar-refractivity contribution in [2.45, 2.75) is 6.54 Å². The van der Waals surface area contributed by atoms with Crippen LogP contribution in [-0.2, 0) is 6.54 Å². The van der Waals surface area contributed by atoms with Gasteiger partial charge in [-0.25, -0.2) is 4.39 Å². The van der Waals surface area contributed by atoms with E-state index in [-0.39, 0.29) is 5.82 Å². The molecule has 0 spiro atoms. The van der Waals surface area contributed by atoms with Gasteiger partial charge in [0.05, 0.1) is 0 Å². The molecule has 0 radical (unpaired) electrons. The summed E-state index contributed by atoms with van der Waals surface area (Å²) in [4.78, 5) is 0.